The van der Waals surface area contributed by atoms with E-state index in [1.54, 1.807) is 0 Å². The lowest BCUT2D eigenvalue weighted by Crippen LogP contribution is -2.12. The zero-order valence-electron chi connectivity index (χ0n) is 17.0. The van der Waals surface area contributed by atoms with E-state index < -0.39 is 0 Å². The highest BCUT2D eigenvalue weighted by molar-refractivity contribution is 5.85. The Morgan fingerprint density at radius 1 is 0.926 bits per heavy atom. The van der Waals surface area contributed by atoms with Crippen molar-refractivity contribution < 1.29 is 9.53 Å². The third-order valence-corrected chi connectivity index (χ3v) is 6.20. The van der Waals surface area contributed by atoms with Gasteiger partial charge < -0.3 is 4.74 Å². The Labute approximate surface area is 164 Å². The average molecular weight is 367 g/mol. The molecular formula is C25H34O2. The Morgan fingerprint density at radius 3 is 2.41 bits per heavy atom. The van der Waals surface area contributed by atoms with Crippen molar-refractivity contribution in [2.24, 2.45) is 5.92 Å². The number of fused-ring (bicyclic) bond motifs is 1. The highest BCUT2D eigenvalue weighted by Gasteiger charge is 2.21. The number of unbranched alkanes of at least 4 members (excludes halogenated alkanes) is 3. The molecule has 2 heteroatoms. The van der Waals surface area contributed by atoms with Crippen LogP contribution in [0.15, 0.2) is 36.4 Å². The van der Waals surface area contributed by atoms with Gasteiger partial charge in [0, 0.05) is 6.42 Å². The lowest BCUT2D eigenvalue weighted by molar-refractivity contribution is -0.134. The van der Waals surface area contributed by atoms with E-state index in [1.807, 2.05) is 12.1 Å². The van der Waals surface area contributed by atoms with E-state index in [1.165, 1.54) is 55.9 Å². The molecule has 1 aliphatic rings. The summed E-state index contributed by atoms with van der Waals surface area (Å²) in [5.74, 6) is 2.19. The van der Waals surface area contributed by atoms with Crippen LogP contribution >= 0.6 is 0 Å². The summed E-state index contributed by atoms with van der Waals surface area (Å²) in [4.78, 5) is 12.0. The van der Waals surface area contributed by atoms with Crippen LogP contribution in [-0.2, 0) is 4.79 Å². The van der Waals surface area contributed by atoms with Crippen LogP contribution in [-0.4, -0.2) is 5.97 Å². The van der Waals surface area contributed by atoms with E-state index in [-0.39, 0.29) is 5.97 Å². The van der Waals surface area contributed by atoms with Gasteiger partial charge in [-0.05, 0) is 72.4 Å². The van der Waals surface area contributed by atoms with Gasteiger partial charge in [0.05, 0.1) is 0 Å². The van der Waals surface area contributed by atoms with Crippen LogP contribution in [0.25, 0.3) is 10.8 Å². The average Bonchev–Trinajstić information content (AvgIpc) is 2.71. The third kappa shape index (κ3) is 5.57. The zero-order valence-corrected chi connectivity index (χ0v) is 17.0. The minimum absolute atomic E-state index is 0.116. The van der Waals surface area contributed by atoms with Crippen molar-refractivity contribution in [3.63, 3.8) is 0 Å². The van der Waals surface area contributed by atoms with Gasteiger partial charge >= 0.3 is 5.97 Å². The molecule has 0 radical (unpaired) electrons. The normalized spacial score (nSPS) is 19.9. The number of benzene rings is 2. The van der Waals surface area contributed by atoms with Crippen LogP contribution in [0.3, 0.4) is 0 Å². The molecule has 0 bridgehead atoms. The topological polar surface area (TPSA) is 26.3 Å². The highest BCUT2D eigenvalue weighted by Crippen LogP contribution is 2.38. The standard InChI is InChI=1S/C25H34O2/c1-3-5-6-7-8-25(26)27-24-16-15-22-17-21(13-14-23(22)18-24)20-11-9-19(4-2)10-12-20/h13-20H,3-12H2,1-2H3. The molecule has 146 valence electrons. The Balaban J connectivity index is 1.61. The van der Waals surface area contributed by atoms with Crippen LogP contribution in [0.4, 0.5) is 0 Å². The molecule has 1 fully saturated rings. The first-order chi connectivity index (χ1) is 13.2. The van der Waals surface area contributed by atoms with E-state index in [4.69, 9.17) is 4.74 Å². The number of ether oxygens (including phenoxy) is 1. The van der Waals surface area contributed by atoms with Crippen LogP contribution < -0.4 is 4.74 Å². The molecular weight excluding hydrogens is 332 g/mol. The summed E-state index contributed by atoms with van der Waals surface area (Å²) in [5, 5.41) is 2.39. The van der Waals surface area contributed by atoms with Gasteiger partial charge in [0.15, 0.2) is 0 Å². The predicted octanol–water partition coefficient (Wildman–Crippen LogP) is 7.40. The van der Waals surface area contributed by atoms with E-state index in [2.05, 4.69) is 38.1 Å². The third-order valence-electron chi connectivity index (χ3n) is 6.20. The van der Waals surface area contributed by atoms with E-state index in [0.717, 1.165) is 24.1 Å². The van der Waals surface area contributed by atoms with Gasteiger partial charge in [-0.15, -0.1) is 0 Å². The number of carbonyl (C=O) groups is 1. The zero-order chi connectivity index (χ0) is 19.1. The van der Waals surface area contributed by atoms with Crippen LogP contribution in [0.1, 0.15) is 89.5 Å². The fraction of sp³-hybridized carbons (Fsp3) is 0.560. The van der Waals surface area contributed by atoms with Crippen molar-refractivity contribution in [3.05, 3.63) is 42.0 Å². The van der Waals surface area contributed by atoms with E-state index >= 15 is 0 Å². The molecule has 0 aliphatic heterocycles. The smallest absolute Gasteiger partial charge is 0.311 e. The molecule has 1 aliphatic carbocycles. The predicted molar refractivity (Wildman–Crippen MR) is 113 cm³/mol. The largest absolute Gasteiger partial charge is 0.427 e. The van der Waals surface area contributed by atoms with Crippen molar-refractivity contribution in [1.82, 2.24) is 0 Å². The second-order valence-corrected chi connectivity index (χ2v) is 8.18. The molecule has 0 aromatic heterocycles. The molecule has 27 heavy (non-hydrogen) atoms. The molecule has 2 aromatic rings. The van der Waals surface area contributed by atoms with Crippen molar-refractivity contribution >= 4 is 16.7 Å². The van der Waals surface area contributed by atoms with E-state index in [0.29, 0.717) is 18.1 Å². The fourth-order valence-corrected chi connectivity index (χ4v) is 4.34. The molecule has 0 spiro atoms. The van der Waals surface area contributed by atoms with Gasteiger partial charge in [-0.1, -0.05) is 63.8 Å². The van der Waals surface area contributed by atoms with Gasteiger partial charge in [0.1, 0.15) is 5.75 Å². The Kier molecular flexibility index (Phi) is 7.32. The monoisotopic (exact) mass is 366 g/mol. The lowest BCUT2D eigenvalue weighted by Gasteiger charge is -2.28. The molecule has 3 rings (SSSR count). The molecule has 0 saturated heterocycles. The van der Waals surface area contributed by atoms with Gasteiger partial charge in [-0.3, -0.25) is 4.79 Å². The molecule has 2 nitrogen and oxygen atoms in total. The second-order valence-electron chi connectivity index (χ2n) is 8.18. The Morgan fingerprint density at radius 2 is 1.67 bits per heavy atom. The molecule has 2 aromatic carbocycles. The molecule has 0 heterocycles. The van der Waals surface area contributed by atoms with Crippen molar-refractivity contribution in [3.8, 4) is 5.75 Å². The van der Waals surface area contributed by atoms with Crippen molar-refractivity contribution in [2.45, 2.75) is 84.0 Å². The van der Waals surface area contributed by atoms with Crippen LogP contribution in [0, 0.1) is 5.92 Å². The molecule has 1 saturated carbocycles. The quantitative estimate of drug-likeness (QED) is 0.276. The minimum atomic E-state index is -0.116. The van der Waals surface area contributed by atoms with Gasteiger partial charge in [0.2, 0.25) is 0 Å². The summed E-state index contributed by atoms with van der Waals surface area (Å²) < 4.78 is 5.53. The maximum atomic E-state index is 12.0. The number of rotatable bonds is 8. The second kappa shape index (κ2) is 9.92. The van der Waals surface area contributed by atoms with Crippen molar-refractivity contribution in [2.75, 3.05) is 0 Å². The molecule has 0 N–H and O–H groups in total. The summed E-state index contributed by atoms with van der Waals surface area (Å²) in [5.41, 5.74) is 1.47. The molecule has 0 amide bonds. The maximum absolute atomic E-state index is 12.0. The Bertz CT molecular complexity index is 741. The molecule has 0 unspecified atom stereocenters. The van der Waals surface area contributed by atoms with Gasteiger partial charge in [-0.25, -0.2) is 0 Å². The van der Waals surface area contributed by atoms with Gasteiger partial charge in [0.25, 0.3) is 0 Å². The van der Waals surface area contributed by atoms with Crippen molar-refractivity contribution in [1.29, 1.82) is 0 Å². The summed E-state index contributed by atoms with van der Waals surface area (Å²) in [6.07, 6.45) is 11.6. The number of hydrogen-bond acceptors (Lipinski definition) is 2. The van der Waals surface area contributed by atoms with Crippen LogP contribution in [0.5, 0.6) is 5.75 Å². The summed E-state index contributed by atoms with van der Waals surface area (Å²) in [7, 11) is 0. The summed E-state index contributed by atoms with van der Waals surface area (Å²) >= 11 is 0. The summed E-state index contributed by atoms with van der Waals surface area (Å²) in [6, 6.07) is 12.8. The fourth-order valence-electron chi connectivity index (χ4n) is 4.34. The first-order valence-electron chi connectivity index (χ1n) is 10.9. The lowest BCUT2D eigenvalue weighted by atomic mass is 9.77. The molecule has 0 atom stereocenters. The first kappa shape index (κ1) is 19.9. The summed E-state index contributed by atoms with van der Waals surface area (Å²) in [6.45, 7) is 4.49. The van der Waals surface area contributed by atoms with Crippen LogP contribution in [0.2, 0.25) is 0 Å². The Hall–Kier alpha value is -1.83. The van der Waals surface area contributed by atoms with Gasteiger partial charge in [-0.2, -0.15) is 0 Å². The minimum Gasteiger partial charge on any atom is -0.427 e. The highest BCUT2D eigenvalue weighted by atomic mass is 16.5. The van der Waals surface area contributed by atoms with E-state index in [9.17, 15) is 4.79 Å². The SMILES string of the molecule is CCCCCCC(=O)Oc1ccc2cc(C3CCC(CC)CC3)ccc2c1. The first-order valence-corrected chi connectivity index (χ1v) is 10.9. The maximum Gasteiger partial charge on any atom is 0.311 e. The number of carbonyl (C=O) groups excluding carboxylic acids is 1. The number of hydrogen-bond donors (Lipinski definition) is 0. The number of esters is 1.